The third kappa shape index (κ3) is 5.65. The van der Waals surface area contributed by atoms with Crippen molar-refractivity contribution in [3.05, 3.63) is 29.8 Å². The molecule has 3 unspecified atom stereocenters. The standard InChI is InChI=1S/C36H59NO4S/c1-8-27-31-22-25(38)17-19-36(31,7)30-18-20-35(6)28(15-16-29(35)32(30)33(27)39)23(2)10-9-21-37-42(40,41)26-13-11-24(12-14-26)34(3,4)5/h11-14,23,25,27-33,37-39H,8-10,15-22H2,1-7H3/t23-,25-,27-,28-,29+,30+,31?,32+,33-,35?,36?/m1/s1. The van der Waals surface area contributed by atoms with Gasteiger partial charge in [0.15, 0.2) is 0 Å². The van der Waals surface area contributed by atoms with Crippen LogP contribution in [0.4, 0.5) is 0 Å². The van der Waals surface area contributed by atoms with E-state index in [2.05, 4.69) is 53.2 Å². The molecule has 0 amide bonds. The van der Waals surface area contributed by atoms with Gasteiger partial charge in [-0.3, -0.25) is 0 Å². The quantitative estimate of drug-likeness (QED) is 0.273. The Morgan fingerprint density at radius 3 is 2.24 bits per heavy atom. The molecule has 0 spiro atoms. The summed E-state index contributed by atoms with van der Waals surface area (Å²) in [5.41, 5.74) is 1.60. The van der Waals surface area contributed by atoms with Gasteiger partial charge < -0.3 is 10.2 Å². The topological polar surface area (TPSA) is 86.6 Å². The van der Waals surface area contributed by atoms with Crippen LogP contribution in [0, 0.1) is 52.3 Å². The molecule has 0 heterocycles. The number of sulfonamides is 1. The minimum atomic E-state index is -3.51. The van der Waals surface area contributed by atoms with Crippen LogP contribution in [0.1, 0.15) is 118 Å². The summed E-state index contributed by atoms with van der Waals surface area (Å²) in [4.78, 5) is 0.339. The zero-order chi connectivity index (χ0) is 30.7. The third-order valence-electron chi connectivity index (χ3n) is 13.3. The predicted molar refractivity (Wildman–Crippen MR) is 171 cm³/mol. The number of fused-ring (bicyclic) bond motifs is 5. The molecular weight excluding hydrogens is 542 g/mol. The van der Waals surface area contributed by atoms with Crippen molar-refractivity contribution in [2.75, 3.05) is 6.54 Å². The van der Waals surface area contributed by atoms with E-state index >= 15 is 0 Å². The second-order valence-electron chi connectivity index (χ2n) is 16.4. The fraction of sp³-hybridized carbons (Fsp3) is 0.833. The van der Waals surface area contributed by atoms with Gasteiger partial charge in [-0.2, -0.15) is 0 Å². The average Bonchev–Trinajstić information content (AvgIpc) is 3.29. The van der Waals surface area contributed by atoms with Crippen molar-refractivity contribution in [1.82, 2.24) is 4.72 Å². The van der Waals surface area contributed by atoms with Crippen LogP contribution in [0.3, 0.4) is 0 Å². The SMILES string of the molecule is CC[C@@H]1C2C[C@H](O)CCC2(C)[C@H]2CCC3(C)[C@@H]([C@H](C)CCCNS(=O)(=O)c4ccc(C(C)(C)C)cc4)CC[C@H]3[C@@H]2[C@@H]1O. The first-order chi connectivity index (χ1) is 19.6. The summed E-state index contributed by atoms with van der Waals surface area (Å²) in [6, 6.07) is 7.30. The monoisotopic (exact) mass is 601 g/mol. The predicted octanol–water partition coefficient (Wildman–Crippen LogP) is 7.31. The molecule has 1 aromatic rings. The van der Waals surface area contributed by atoms with Crippen LogP contribution in [0.15, 0.2) is 29.2 Å². The number of aliphatic hydroxyl groups excluding tert-OH is 2. The summed E-state index contributed by atoms with van der Waals surface area (Å²) < 4.78 is 28.7. The van der Waals surface area contributed by atoms with Crippen LogP contribution in [0.2, 0.25) is 0 Å². The Morgan fingerprint density at radius 2 is 1.60 bits per heavy atom. The van der Waals surface area contributed by atoms with Gasteiger partial charge >= 0.3 is 0 Å². The van der Waals surface area contributed by atoms with Gasteiger partial charge in [-0.25, -0.2) is 13.1 Å². The van der Waals surface area contributed by atoms with E-state index in [4.69, 9.17) is 0 Å². The van der Waals surface area contributed by atoms with Gasteiger partial charge in [-0.05, 0) is 133 Å². The van der Waals surface area contributed by atoms with E-state index in [1.54, 1.807) is 12.1 Å². The zero-order valence-corrected chi connectivity index (χ0v) is 28.2. The average molecular weight is 602 g/mol. The first kappa shape index (κ1) is 32.4. The van der Waals surface area contributed by atoms with Crippen molar-refractivity contribution < 1.29 is 18.6 Å². The maximum Gasteiger partial charge on any atom is 0.240 e. The maximum atomic E-state index is 12.9. The Labute approximate surface area is 256 Å². The summed E-state index contributed by atoms with van der Waals surface area (Å²) in [5.74, 6) is 3.38. The van der Waals surface area contributed by atoms with E-state index in [0.29, 0.717) is 52.9 Å². The summed E-state index contributed by atoms with van der Waals surface area (Å²) in [6.07, 6.45) is 10.1. The van der Waals surface area contributed by atoms with Crippen molar-refractivity contribution in [3.63, 3.8) is 0 Å². The van der Waals surface area contributed by atoms with E-state index < -0.39 is 10.0 Å². The Balaban J connectivity index is 1.21. The lowest BCUT2D eigenvalue weighted by Crippen LogP contribution is -2.62. The molecular formula is C36H59NO4S. The molecule has 4 aliphatic rings. The van der Waals surface area contributed by atoms with Gasteiger partial charge in [-0.15, -0.1) is 0 Å². The van der Waals surface area contributed by atoms with Crippen molar-refractivity contribution in [3.8, 4) is 0 Å². The summed E-state index contributed by atoms with van der Waals surface area (Å²) in [7, 11) is -3.51. The highest BCUT2D eigenvalue weighted by atomic mass is 32.2. The normalized spacial score (nSPS) is 41.1. The minimum absolute atomic E-state index is 0.00636. The largest absolute Gasteiger partial charge is 0.393 e. The van der Waals surface area contributed by atoms with Crippen LogP contribution in [-0.2, 0) is 15.4 Å². The van der Waals surface area contributed by atoms with E-state index in [1.165, 1.54) is 25.7 Å². The molecule has 5 rings (SSSR count). The smallest absolute Gasteiger partial charge is 0.240 e. The number of rotatable bonds is 8. The second-order valence-corrected chi connectivity index (χ2v) is 18.2. The maximum absolute atomic E-state index is 12.9. The highest BCUT2D eigenvalue weighted by Gasteiger charge is 2.64. The molecule has 3 N–H and O–H groups in total. The Bertz CT molecular complexity index is 1190. The van der Waals surface area contributed by atoms with E-state index in [9.17, 15) is 18.6 Å². The first-order valence-corrected chi connectivity index (χ1v) is 18.6. The lowest BCUT2D eigenvalue weighted by molar-refractivity contribution is -0.203. The number of benzene rings is 1. The highest BCUT2D eigenvalue weighted by molar-refractivity contribution is 7.89. The fourth-order valence-electron chi connectivity index (χ4n) is 11.0. The highest BCUT2D eigenvalue weighted by Crippen LogP contribution is 2.69. The molecule has 0 saturated heterocycles. The molecule has 0 aromatic heterocycles. The third-order valence-corrected chi connectivity index (χ3v) is 14.8. The molecule has 4 fully saturated rings. The van der Waals surface area contributed by atoms with Crippen molar-refractivity contribution >= 4 is 10.0 Å². The van der Waals surface area contributed by atoms with Crippen LogP contribution >= 0.6 is 0 Å². The second kappa shape index (κ2) is 11.8. The van der Waals surface area contributed by atoms with Crippen LogP contribution in [0.25, 0.3) is 0 Å². The van der Waals surface area contributed by atoms with Crippen LogP contribution in [0.5, 0.6) is 0 Å². The molecule has 5 nitrogen and oxygen atoms in total. The molecule has 1 aromatic carbocycles. The molecule has 11 atom stereocenters. The van der Waals surface area contributed by atoms with Crippen LogP contribution in [-0.4, -0.2) is 37.4 Å². The molecule has 0 aliphatic heterocycles. The molecule has 42 heavy (non-hydrogen) atoms. The van der Waals surface area contributed by atoms with Gasteiger partial charge in [0.2, 0.25) is 10.0 Å². The van der Waals surface area contributed by atoms with Crippen molar-refractivity contribution in [1.29, 1.82) is 0 Å². The molecule has 0 bridgehead atoms. The molecule has 4 aliphatic carbocycles. The minimum Gasteiger partial charge on any atom is -0.393 e. The Hall–Kier alpha value is -0.950. The lowest BCUT2D eigenvalue weighted by atomic mass is 9.41. The molecule has 4 saturated carbocycles. The summed E-state index contributed by atoms with van der Waals surface area (Å²) >= 11 is 0. The van der Waals surface area contributed by atoms with Gasteiger partial charge in [0.05, 0.1) is 17.1 Å². The fourth-order valence-corrected chi connectivity index (χ4v) is 12.1. The molecule has 0 radical (unpaired) electrons. The van der Waals surface area contributed by atoms with Crippen molar-refractivity contribution in [2.45, 2.75) is 135 Å². The Morgan fingerprint density at radius 1 is 0.952 bits per heavy atom. The van der Waals surface area contributed by atoms with Gasteiger partial charge in [-0.1, -0.05) is 67.0 Å². The number of hydrogen-bond donors (Lipinski definition) is 3. The van der Waals surface area contributed by atoms with Crippen LogP contribution < -0.4 is 4.72 Å². The first-order valence-electron chi connectivity index (χ1n) is 17.1. The Kier molecular flexibility index (Phi) is 9.09. The number of aliphatic hydroxyl groups is 2. The zero-order valence-electron chi connectivity index (χ0n) is 27.4. The number of nitrogens with one attached hydrogen (secondary N) is 1. The van der Waals surface area contributed by atoms with Gasteiger partial charge in [0.1, 0.15) is 0 Å². The molecule has 238 valence electrons. The van der Waals surface area contributed by atoms with E-state index in [1.807, 2.05) is 12.1 Å². The van der Waals surface area contributed by atoms with E-state index in [-0.39, 0.29) is 28.5 Å². The summed E-state index contributed by atoms with van der Waals surface area (Å²) in [6.45, 7) is 16.5. The molecule has 6 heteroatoms. The van der Waals surface area contributed by atoms with Crippen molar-refractivity contribution in [2.24, 2.45) is 52.3 Å². The number of hydrogen-bond acceptors (Lipinski definition) is 4. The lowest BCUT2D eigenvalue weighted by Gasteiger charge is -2.64. The van der Waals surface area contributed by atoms with Gasteiger partial charge in [0, 0.05) is 6.54 Å². The van der Waals surface area contributed by atoms with E-state index in [0.717, 1.165) is 44.1 Å². The van der Waals surface area contributed by atoms with Gasteiger partial charge in [0.25, 0.3) is 0 Å². The summed E-state index contributed by atoms with van der Waals surface area (Å²) in [5, 5.41) is 22.5.